The number of benzene rings is 1. The zero-order valence-electron chi connectivity index (χ0n) is 12.8. The Kier molecular flexibility index (Phi) is 4.26. The van der Waals surface area contributed by atoms with Crippen molar-refractivity contribution < 1.29 is 9.32 Å². The Hall–Kier alpha value is -2.36. The molecule has 0 atom stereocenters. The van der Waals surface area contributed by atoms with Crippen LogP contribution in [0.25, 0.3) is 0 Å². The molecule has 21 heavy (non-hydrogen) atoms. The van der Waals surface area contributed by atoms with Gasteiger partial charge in [-0.3, -0.25) is 4.79 Å². The number of nitrogens with one attached hydrogen (secondary N) is 1. The van der Waals surface area contributed by atoms with Gasteiger partial charge in [0, 0.05) is 29.3 Å². The number of rotatable bonds is 4. The predicted molar refractivity (Wildman–Crippen MR) is 83.5 cm³/mol. The molecule has 4 nitrogen and oxygen atoms in total. The number of ketones is 1. The highest BCUT2D eigenvalue weighted by atomic mass is 16.5. The summed E-state index contributed by atoms with van der Waals surface area (Å²) in [5.41, 5.74) is 1.70. The SMILES string of the molecule is Cc1ccc(C(=O)/C=C/Nc2cc(C(C)(C)C)on2)cc1. The molecule has 2 aromatic rings. The second-order valence-corrected chi connectivity index (χ2v) is 6.03. The van der Waals surface area contributed by atoms with Crippen molar-refractivity contribution in [3.05, 3.63) is 59.5 Å². The number of nitrogens with zero attached hydrogens (tertiary/aromatic N) is 1. The van der Waals surface area contributed by atoms with Crippen LogP contribution in [0.3, 0.4) is 0 Å². The number of hydrogen-bond donors (Lipinski definition) is 1. The largest absolute Gasteiger partial charge is 0.359 e. The fourth-order valence-corrected chi connectivity index (χ4v) is 1.71. The number of carbonyl (C=O) groups excluding carboxylic acids is 1. The van der Waals surface area contributed by atoms with Crippen LogP contribution in [0.2, 0.25) is 0 Å². The number of anilines is 1. The molecule has 0 fully saturated rings. The molecular formula is C17H20N2O2. The molecule has 0 saturated carbocycles. The van der Waals surface area contributed by atoms with Crippen molar-refractivity contribution in [2.24, 2.45) is 0 Å². The minimum absolute atomic E-state index is 0.0537. The van der Waals surface area contributed by atoms with Gasteiger partial charge in [0.2, 0.25) is 0 Å². The maximum absolute atomic E-state index is 11.9. The van der Waals surface area contributed by atoms with E-state index < -0.39 is 0 Å². The third-order valence-corrected chi connectivity index (χ3v) is 3.05. The van der Waals surface area contributed by atoms with Crippen LogP contribution in [0, 0.1) is 6.92 Å². The molecule has 0 saturated heterocycles. The predicted octanol–water partition coefficient (Wildman–Crippen LogP) is 4.09. The monoisotopic (exact) mass is 284 g/mol. The van der Waals surface area contributed by atoms with Gasteiger partial charge in [-0.15, -0.1) is 0 Å². The molecule has 0 amide bonds. The van der Waals surface area contributed by atoms with Gasteiger partial charge in [-0.2, -0.15) is 0 Å². The van der Waals surface area contributed by atoms with Crippen LogP contribution < -0.4 is 5.32 Å². The first kappa shape index (κ1) is 15.0. The van der Waals surface area contributed by atoms with E-state index in [1.54, 1.807) is 6.20 Å². The first-order valence-electron chi connectivity index (χ1n) is 6.87. The first-order valence-corrected chi connectivity index (χ1v) is 6.87. The van der Waals surface area contributed by atoms with Crippen molar-refractivity contribution in [1.82, 2.24) is 5.16 Å². The van der Waals surface area contributed by atoms with Crippen molar-refractivity contribution in [1.29, 1.82) is 0 Å². The zero-order chi connectivity index (χ0) is 15.5. The molecule has 0 aliphatic heterocycles. The van der Waals surface area contributed by atoms with E-state index >= 15 is 0 Å². The number of carbonyl (C=O) groups is 1. The van der Waals surface area contributed by atoms with E-state index in [1.807, 2.05) is 58.0 Å². The normalized spacial score (nSPS) is 11.8. The molecule has 2 rings (SSSR count). The first-order chi connectivity index (χ1) is 9.86. The van der Waals surface area contributed by atoms with E-state index in [2.05, 4.69) is 10.5 Å². The van der Waals surface area contributed by atoms with Gasteiger partial charge in [-0.25, -0.2) is 0 Å². The van der Waals surface area contributed by atoms with Crippen LogP contribution in [0.5, 0.6) is 0 Å². The van der Waals surface area contributed by atoms with Crippen molar-refractivity contribution in [3.8, 4) is 0 Å². The lowest BCUT2D eigenvalue weighted by Gasteiger charge is -2.11. The van der Waals surface area contributed by atoms with E-state index in [-0.39, 0.29) is 11.2 Å². The lowest BCUT2D eigenvalue weighted by Crippen LogP contribution is -2.09. The van der Waals surface area contributed by atoms with Crippen LogP contribution in [-0.4, -0.2) is 10.9 Å². The molecule has 0 aliphatic carbocycles. The molecule has 0 spiro atoms. The average molecular weight is 284 g/mol. The van der Waals surface area contributed by atoms with Gasteiger partial charge in [0.05, 0.1) is 0 Å². The van der Waals surface area contributed by atoms with Gasteiger partial charge in [0.25, 0.3) is 0 Å². The molecule has 1 N–H and O–H groups in total. The number of allylic oxidation sites excluding steroid dienone is 1. The number of aryl methyl sites for hydroxylation is 1. The molecule has 0 aliphatic rings. The Morgan fingerprint density at radius 1 is 1.24 bits per heavy atom. The zero-order valence-corrected chi connectivity index (χ0v) is 12.8. The van der Waals surface area contributed by atoms with Gasteiger partial charge >= 0.3 is 0 Å². The van der Waals surface area contributed by atoms with Crippen molar-refractivity contribution in [2.45, 2.75) is 33.1 Å². The summed E-state index contributed by atoms with van der Waals surface area (Å²) in [5.74, 6) is 1.33. The molecule has 1 aromatic carbocycles. The van der Waals surface area contributed by atoms with E-state index in [0.29, 0.717) is 11.4 Å². The van der Waals surface area contributed by atoms with Crippen LogP contribution >= 0.6 is 0 Å². The lowest BCUT2D eigenvalue weighted by atomic mass is 9.93. The Bertz CT molecular complexity index is 646. The van der Waals surface area contributed by atoms with Gasteiger partial charge in [-0.05, 0) is 6.92 Å². The second-order valence-electron chi connectivity index (χ2n) is 6.03. The number of aromatic nitrogens is 1. The van der Waals surface area contributed by atoms with Gasteiger partial charge < -0.3 is 9.84 Å². The lowest BCUT2D eigenvalue weighted by molar-refractivity contribution is 0.104. The standard InChI is InChI=1S/C17H20N2O2/c1-12-5-7-13(8-6-12)14(20)9-10-18-16-11-15(21-19-16)17(2,3)4/h5-11H,1-4H3,(H,18,19)/b10-9+. The van der Waals surface area contributed by atoms with Crippen molar-refractivity contribution in [2.75, 3.05) is 5.32 Å². The molecule has 4 heteroatoms. The molecule has 0 bridgehead atoms. The highest BCUT2D eigenvalue weighted by molar-refractivity contribution is 6.04. The maximum Gasteiger partial charge on any atom is 0.187 e. The van der Waals surface area contributed by atoms with E-state index in [9.17, 15) is 4.79 Å². The molecule has 1 heterocycles. The van der Waals surface area contributed by atoms with Crippen LogP contribution in [0.4, 0.5) is 5.82 Å². The summed E-state index contributed by atoms with van der Waals surface area (Å²) in [6.07, 6.45) is 3.06. The van der Waals surface area contributed by atoms with Gasteiger partial charge in [0.1, 0.15) is 5.76 Å². The summed E-state index contributed by atoms with van der Waals surface area (Å²) in [6, 6.07) is 9.30. The number of hydrogen-bond acceptors (Lipinski definition) is 4. The molecule has 0 unspecified atom stereocenters. The average Bonchev–Trinajstić information content (AvgIpc) is 2.88. The van der Waals surface area contributed by atoms with E-state index in [4.69, 9.17) is 4.52 Å². The Balaban J connectivity index is 1.97. The summed E-state index contributed by atoms with van der Waals surface area (Å²) >= 11 is 0. The third-order valence-electron chi connectivity index (χ3n) is 3.05. The fourth-order valence-electron chi connectivity index (χ4n) is 1.71. The fraction of sp³-hybridized carbons (Fsp3) is 0.294. The highest BCUT2D eigenvalue weighted by Crippen LogP contribution is 2.24. The quantitative estimate of drug-likeness (QED) is 0.678. The Labute approximate surface area is 124 Å². The maximum atomic E-state index is 11.9. The topological polar surface area (TPSA) is 55.1 Å². The minimum atomic E-state index is -0.0889. The highest BCUT2D eigenvalue weighted by Gasteiger charge is 2.19. The van der Waals surface area contributed by atoms with Crippen LogP contribution in [-0.2, 0) is 5.41 Å². The second kappa shape index (κ2) is 5.95. The summed E-state index contributed by atoms with van der Waals surface area (Å²) < 4.78 is 5.25. The third kappa shape index (κ3) is 4.05. The van der Waals surface area contributed by atoms with E-state index in [1.165, 1.54) is 6.08 Å². The molecular weight excluding hydrogens is 264 g/mol. The van der Waals surface area contributed by atoms with Gasteiger partial charge in [0.15, 0.2) is 11.6 Å². The summed E-state index contributed by atoms with van der Waals surface area (Å²) in [6.45, 7) is 8.14. The van der Waals surface area contributed by atoms with Crippen molar-refractivity contribution >= 4 is 11.6 Å². The smallest absolute Gasteiger partial charge is 0.187 e. The summed E-state index contributed by atoms with van der Waals surface area (Å²) in [7, 11) is 0. The van der Waals surface area contributed by atoms with Crippen molar-refractivity contribution in [3.63, 3.8) is 0 Å². The molecule has 1 aromatic heterocycles. The molecule has 110 valence electrons. The summed E-state index contributed by atoms with van der Waals surface area (Å²) in [5, 5.41) is 6.86. The Morgan fingerprint density at radius 2 is 1.90 bits per heavy atom. The Morgan fingerprint density at radius 3 is 2.48 bits per heavy atom. The molecule has 0 radical (unpaired) electrons. The van der Waals surface area contributed by atoms with Gasteiger partial charge in [-0.1, -0.05) is 55.8 Å². The van der Waals surface area contributed by atoms with E-state index in [0.717, 1.165) is 11.3 Å². The summed E-state index contributed by atoms with van der Waals surface area (Å²) in [4.78, 5) is 11.9. The van der Waals surface area contributed by atoms with Crippen LogP contribution in [0.1, 0.15) is 42.5 Å². The minimum Gasteiger partial charge on any atom is -0.359 e. The van der Waals surface area contributed by atoms with Crippen LogP contribution in [0.15, 0.2) is 47.1 Å².